The number of thiophene rings is 1. The molecule has 37 heavy (non-hydrogen) atoms. The van der Waals surface area contributed by atoms with Crippen molar-refractivity contribution in [1.29, 1.82) is 0 Å². The van der Waals surface area contributed by atoms with Crippen LogP contribution in [0.5, 0.6) is 0 Å². The van der Waals surface area contributed by atoms with Crippen molar-refractivity contribution in [1.82, 2.24) is 14.7 Å². The number of benzene rings is 2. The van der Waals surface area contributed by atoms with Crippen molar-refractivity contribution in [2.45, 2.75) is 45.6 Å². The normalized spacial score (nSPS) is 18.1. The van der Waals surface area contributed by atoms with Crippen LogP contribution in [0, 0.1) is 6.92 Å². The molecule has 5 rings (SSSR count). The predicted octanol–water partition coefficient (Wildman–Crippen LogP) is 5.33. The molecule has 1 atom stereocenters. The quantitative estimate of drug-likeness (QED) is 0.427. The monoisotopic (exact) mass is 515 g/mol. The second-order valence-corrected chi connectivity index (χ2v) is 11.3. The number of nitrogens with zero attached hydrogens (tertiary/aromatic N) is 3. The average Bonchev–Trinajstić information content (AvgIpc) is 3.41. The topological polar surface area (TPSA) is 43.9 Å². The SMILES string of the molecule is CCCCc1ccc(C(=O)N2CCN(C(=O)CN3CCc4sccc4[C@H]3c3ccccc3C)CC2)cc1. The summed E-state index contributed by atoms with van der Waals surface area (Å²) in [5, 5.41) is 2.18. The Morgan fingerprint density at radius 1 is 0.892 bits per heavy atom. The second kappa shape index (κ2) is 11.6. The van der Waals surface area contributed by atoms with Gasteiger partial charge in [0.2, 0.25) is 5.91 Å². The molecule has 3 heterocycles. The van der Waals surface area contributed by atoms with Crippen LogP contribution in [0.4, 0.5) is 0 Å². The summed E-state index contributed by atoms with van der Waals surface area (Å²) in [4.78, 5) is 34.1. The minimum absolute atomic E-state index is 0.0646. The molecule has 1 saturated heterocycles. The van der Waals surface area contributed by atoms with E-state index in [1.807, 2.05) is 33.3 Å². The van der Waals surface area contributed by atoms with E-state index in [0.717, 1.165) is 24.9 Å². The van der Waals surface area contributed by atoms with E-state index >= 15 is 0 Å². The Bertz CT molecular complexity index is 1230. The summed E-state index contributed by atoms with van der Waals surface area (Å²) in [5.74, 6) is 0.222. The van der Waals surface area contributed by atoms with Crippen molar-refractivity contribution in [2.24, 2.45) is 0 Å². The number of hydrogen-bond donors (Lipinski definition) is 0. The molecule has 0 N–H and O–H groups in total. The van der Waals surface area contributed by atoms with Crippen LogP contribution in [0.2, 0.25) is 0 Å². The first kappa shape index (κ1) is 25.7. The summed E-state index contributed by atoms with van der Waals surface area (Å²) in [7, 11) is 0. The van der Waals surface area contributed by atoms with Gasteiger partial charge in [0.05, 0.1) is 12.6 Å². The lowest BCUT2D eigenvalue weighted by molar-refractivity contribution is -0.134. The number of carbonyl (C=O) groups excluding carboxylic acids is 2. The van der Waals surface area contributed by atoms with Crippen LogP contribution in [0.15, 0.2) is 60.0 Å². The molecule has 0 bridgehead atoms. The summed E-state index contributed by atoms with van der Waals surface area (Å²) in [6, 6.07) is 18.9. The van der Waals surface area contributed by atoms with Crippen molar-refractivity contribution in [2.75, 3.05) is 39.3 Å². The highest BCUT2D eigenvalue weighted by molar-refractivity contribution is 7.10. The van der Waals surface area contributed by atoms with Gasteiger partial charge in [-0.3, -0.25) is 14.5 Å². The van der Waals surface area contributed by atoms with E-state index in [9.17, 15) is 9.59 Å². The molecule has 194 valence electrons. The second-order valence-electron chi connectivity index (χ2n) is 10.3. The number of rotatable bonds is 7. The molecule has 1 fully saturated rings. The van der Waals surface area contributed by atoms with E-state index in [1.165, 1.54) is 40.0 Å². The Morgan fingerprint density at radius 2 is 1.62 bits per heavy atom. The predicted molar refractivity (Wildman–Crippen MR) is 150 cm³/mol. The van der Waals surface area contributed by atoms with E-state index in [2.05, 4.69) is 66.6 Å². The van der Waals surface area contributed by atoms with E-state index in [0.29, 0.717) is 32.7 Å². The van der Waals surface area contributed by atoms with Crippen molar-refractivity contribution in [3.8, 4) is 0 Å². The van der Waals surface area contributed by atoms with E-state index in [1.54, 1.807) is 0 Å². The molecule has 1 aromatic heterocycles. The fourth-order valence-electron chi connectivity index (χ4n) is 5.61. The molecule has 6 heteroatoms. The molecule has 2 amide bonds. The van der Waals surface area contributed by atoms with Crippen molar-refractivity contribution in [3.63, 3.8) is 0 Å². The molecule has 0 saturated carbocycles. The minimum Gasteiger partial charge on any atom is -0.338 e. The maximum Gasteiger partial charge on any atom is 0.253 e. The van der Waals surface area contributed by atoms with Crippen molar-refractivity contribution < 1.29 is 9.59 Å². The number of hydrogen-bond acceptors (Lipinski definition) is 4. The minimum atomic E-state index is 0.0646. The lowest BCUT2D eigenvalue weighted by Gasteiger charge is -2.39. The van der Waals surface area contributed by atoms with Gasteiger partial charge in [-0.15, -0.1) is 11.3 Å². The van der Waals surface area contributed by atoms with Gasteiger partial charge < -0.3 is 9.80 Å². The maximum absolute atomic E-state index is 13.4. The molecule has 2 aromatic carbocycles. The van der Waals surface area contributed by atoms with Gasteiger partial charge in [0, 0.05) is 43.2 Å². The van der Waals surface area contributed by atoms with Gasteiger partial charge >= 0.3 is 0 Å². The van der Waals surface area contributed by atoms with Gasteiger partial charge in [0.15, 0.2) is 0 Å². The molecular weight excluding hydrogens is 478 g/mol. The summed E-state index contributed by atoms with van der Waals surface area (Å²) in [6.07, 6.45) is 4.38. The molecule has 2 aliphatic rings. The molecule has 0 spiro atoms. The van der Waals surface area contributed by atoms with E-state index in [4.69, 9.17) is 0 Å². The standard InChI is InChI=1S/C31H37N3O2S/c1-3-4-8-24-10-12-25(13-11-24)31(36)33-19-17-32(18-20-33)29(35)22-34-16-14-28-27(15-21-37-28)30(34)26-9-6-5-7-23(26)2/h5-7,9-13,15,21,30H,3-4,8,14,16-20,22H2,1-2H3/t30-/m1/s1. The summed E-state index contributed by atoms with van der Waals surface area (Å²) in [6.45, 7) is 7.97. The van der Waals surface area contributed by atoms with Crippen LogP contribution in [-0.2, 0) is 17.6 Å². The number of aryl methyl sites for hydroxylation is 2. The Labute approximate surface area is 224 Å². The first-order valence-corrected chi connectivity index (χ1v) is 14.4. The largest absolute Gasteiger partial charge is 0.338 e. The highest BCUT2D eigenvalue weighted by Gasteiger charge is 2.33. The Kier molecular flexibility index (Phi) is 8.06. The number of piperazine rings is 1. The smallest absolute Gasteiger partial charge is 0.253 e. The highest BCUT2D eigenvalue weighted by atomic mass is 32.1. The Balaban J connectivity index is 1.21. The zero-order chi connectivity index (χ0) is 25.8. The van der Waals surface area contributed by atoms with Gasteiger partial charge in [-0.2, -0.15) is 0 Å². The van der Waals surface area contributed by atoms with Gasteiger partial charge in [-0.1, -0.05) is 49.7 Å². The molecule has 0 radical (unpaired) electrons. The third kappa shape index (κ3) is 5.65. The van der Waals surface area contributed by atoms with Crippen LogP contribution in [0.1, 0.15) is 63.3 Å². The lowest BCUT2D eigenvalue weighted by atomic mass is 9.90. The third-order valence-electron chi connectivity index (χ3n) is 7.83. The summed E-state index contributed by atoms with van der Waals surface area (Å²) < 4.78 is 0. The first-order valence-electron chi connectivity index (χ1n) is 13.6. The van der Waals surface area contributed by atoms with Gasteiger partial charge in [-0.05, 0) is 72.0 Å². The Morgan fingerprint density at radius 3 is 2.35 bits per heavy atom. The van der Waals surface area contributed by atoms with Gasteiger partial charge in [0.1, 0.15) is 0 Å². The highest BCUT2D eigenvalue weighted by Crippen LogP contribution is 2.38. The average molecular weight is 516 g/mol. The Hall–Kier alpha value is -2.96. The van der Waals surface area contributed by atoms with E-state index < -0.39 is 0 Å². The zero-order valence-corrected chi connectivity index (χ0v) is 22.8. The van der Waals surface area contributed by atoms with Crippen LogP contribution in [-0.4, -0.2) is 65.8 Å². The number of carbonyl (C=O) groups is 2. The van der Waals surface area contributed by atoms with Crippen LogP contribution >= 0.6 is 11.3 Å². The molecule has 0 unspecified atom stereocenters. The molecule has 2 aliphatic heterocycles. The molecular formula is C31H37N3O2S. The fraction of sp³-hybridized carbons (Fsp3) is 0.419. The van der Waals surface area contributed by atoms with Crippen molar-refractivity contribution >= 4 is 23.2 Å². The van der Waals surface area contributed by atoms with Crippen molar-refractivity contribution in [3.05, 3.63) is 92.7 Å². The van der Waals surface area contributed by atoms with Gasteiger partial charge in [0.25, 0.3) is 5.91 Å². The fourth-order valence-corrected chi connectivity index (χ4v) is 6.51. The van der Waals surface area contributed by atoms with Crippen LogP contribution < -0.4 is 0 Å². The molecule has 0 aliphatic carbocycles. The van der Waals surface area contributed by atoms with Crippen LogP contribution in [0.3, 0.4) is 0 Å². The third-order valence-corrected chi connectivity index (χ3v) is 8.82. The van der Waals surface area contributed by atoms with Gasteiger partial charge in [-0.25, -0.2) is 0 Å². The molecule has 3 aromatic rings. The number of fused-ring (bicyclic) bond motifs is 1. The summed E-state index contributed by atoms with van der Waals surface area (Å²) in [5.41, 5.74) is 5.90. The van der Waals surface area contributed by atoms with E-state index in [-0.39, 0.29) is 17.9 Å². The summed E-state index contributed by atoms with van der Waals surface area (Å²) >= 11 is 1.82. The molecule has 5 nitrogen and oxygen atoms in total. The lowest BCUT2D eigenvalue weighted by Crippen LogP contribution is -2.53. The first-order chi connectivity index (χ1) is 18.0. The number of unbranched alkanes of at least 4 members (excludes halogenated alkanes) is 1. The zero-order valence-electron chi connectivity index (χ0n) is 22.0. The number of amides is 2. The van der Waals surface area contributed by atoms with Crippen LogP contribution in [0.25, 0.3) is 0 Å². The maximum atomic E-state index is 13.4.